The number of ketones is 1. The van der Waals surface area contributed by atoms with Crippen LogP contribution in [0.3, 0.4) is 0 Å². The lowest BCUT2D eigenvalue weighted by molar-refractivity contribution is 0.0933. The van der Waals surface area contributed by atoms with Gasteiger partial charge in [-0.05, 0) is 37.7 Å². The predicted molar refractivity (Wildman–Crippen MR) is 82.0 cm³/mol. The van der Waals surface area contributed by atoms with Crippen molar-refractivity contribution in [3.05, 3.63) is 28.2 Å². The number of halogens is 1. The fraction of sp³-hybridized carbons (Fsp3) is 0.533. The summed E-state index contributed by atoms with van der Waals surface area (Å²) < 4.78 is 6.55. The van der Waals surface area contributed by atoms with Gasteiger partial charge >= 0.3 is 0 Å². The number of benzene rings is 1. The summed E-state index contributed by atoms with van der Waals surface area (Å²) in [7, 11) is 0. The lowest BCUT2D eigenvalue weighted by Gasteiger charge is -2.18. The minimum absolute atomic E-state index is 0.108. The van der Waals surface area contributed by atoms with E-state index in [2.05, 4.69) is 41.6 Å². The van der Waals surface area contributed by atoms with Crippen LogP contribution in [0, 0.1) is 0 Å². The van der Waals surface area contributed by atoms with Crippen LogP contribution in [0.4, 0.5) is 0 Å². The van der Waals surface area contributed by atoms with Gasteiger partial charge in [0.15, 0.2) is 5.78 Å². The first-order valence-corrected chi connectivity index (χ1v) is 7.59. The summed E-state index contributed by atoms with van der Waals surface area (Å²) in [6.07, 6.45) is 0.930. The first-order chi connectivity index (χ1) is 9.12. The quantitative estimate of drug-likeness (QED) is 0.681. The highest BCUT2D eigenvalue weighted by molar-refractivity contribution is 9.10. The number of rotatable bonds is 8. The van der Waals surface area contributed by atoms with Crippen molar-refractivity contribution in [2.24, 2.45) is 0 Å². The Morgan fingerprint density at radius 1 is 1.26 bits per heavy atom. The topological polar surface area (TPSA) is 29.5 Å². The van der Waals surface area contributed by atoms with Crippen LogP contribution in [0.5, 0.6) is 5.75 Å². The van der Waals surface area contributed by atoms with Gasteiger partial charge in [-0.3, -0.25) is 9.69 Å². The average molecular weight is 328 g/mol. The van der Waals surface area contributed by atoms with E-state index in [1.165, 1.54) is 0 Å². The molecule has 0 aliphatic rings. The molecule has 0 unspecified atom stereocenters. The van der Waals surface area contributed by atoms with E-state index >= 15 is 0 Å². The highest BCUT2D eigenvalue weighted by Crippen LogP contribution is 2.24. The van der Waals surface area contributed by atoms with Crippen LogP contribution in [0.1, 0.15) is 37.6 Å². The molecule has 0 saturated carbocycles. The lowest BCUT2D eigenvalue weighted by atomic mass is 10.1. The van der Waals surface area contributed by atoms with Crippen molar-refractivity contribution in [2.45, 2.75) is 27.2 Å². The molecule has 0 N–H and O–H groups in total. The van der Waals surface area contributed by atoms with E-state index in [4.69, 9.17) is 4.74 Å². The summed E-state index contributed by atoms with van der Waals surface area (Å²) in [4.78, 5) is 14.5. The maximum Gasteiger partial charge on any atom is 0.180 e. The van der Waals surface area contributed by atoms with Gasteiger partial charge in [-0.15, -0.1) is 0 Å². The van der Waals surface area contributed by atoms with Crippen molar-refractivity contribution in [3.63, 3.8) is 0 Å². The normalized spacial score (nSPS) is 10.8. The molecule has 19 heavy (non-hydrogen) atoms. The zero-order valence-electron chi connectivity index (χ0n) is 11.9. The largest absolute Gasteiger partial charge is 0.493 e. The Morgan fingerprint density at radius 3 is 2.53 bits per heavy atom. The molecule has 0 aliphatic heterocycles. The molecule has 0 atom stereocenters. The first-order valence-electron chi connectivity index (χ1n) is 6.80. The van der Waals surface area contributed by atoms with Crippen molar-refractivity contribution in [1.29, 1.82) is 0 Å². The summed E-state index contributed by atoms with van der Waals surface area (Å²) in [5.74, 6) is 0.790. The van der Waals surface area contributed by atoms with Crippen LogP contribution in [0.15, 0.2) is 22.7 Å². The van der Waals surface area contributed by atoms with E-state index in [0.717, 1.165) is 24.0 Å². The first kappa shape index (κ1) is 16.2. The van der Waals surface area contributed by atoms with Gasteiger partial charge in [0.2, 0.25) is 0 Å². The summed E-state index contributed by atoms with van der Waals surface area (Å²) in [6, 6.07) is 5.60. The zero-order chi connectivity index (χ0) is 14.3. The Bertz CT molecular complexity index is 417. The van der Waals surface area contributed by atoms with E-state index in [0.29, 0.717) is 24.5 Å². The van der Waals surface area contributed by atoms with Crippen molar-refractivity contribution >= 4 is 21.7 Å². The molecule has 0 amide bonds. The molecule has 1 aromatic rings. The predicted octanol–water partition coefficient (Wildman–Crippen LogP) is 3.76. The van der Waals surface area contributed by atoms with Gasteiger partial charge in [0, 0.05) is 4.47 Å². The second-order valence-electron chi connectivity index (χ2n) is 4.37. The van der Waals surface area contributed by atoms with Crippen molar-refractivity contribution in [2.75, 3.05) is 26.2 Å². The summed E-state index contributed by atoms with van der Waals surface area (Å²) in [5, 5.41) is 0. The minimum Gasteiger partial charge on any atom is -0.493 e. The molecule has 0 aliphatic carbocycles. The highest BCUT2D eigenvalue weighted by atomic mass is 79.9. The molecule has 0 heterocycles. The smallest absolute Gasteiger partial charge is 0.180 e. The van der Waals surface area contributed by atoms with Crippen molar-refractivity contribution in [3.8, 4) is 5.75 Å². The SMILES string of the molecule is CCCOc1ccc(Br)cc1C(=O)CN(CC)CC. The average Bonchev–Trinajstić information content (AvgIpc) is 2.43. The molecule has 1 aromatic carbocycles. The second kappa shape index (κ2) is 8.33. The minimum atomic E-state index is 0.108. The van der Waals surface area contributed by atoms with Crippen molar-refractivity contribution < 1.29 is 9.53 Å². The molecule has 0 bridgehead atoms. The molecule has 106 valence electrons. The summed E-state index contributed by atoms with van der Waals surface area (Å²) >= 11 is 3.41. The van der Waals surface area contributed by atoms with E-state index in [9.17, 15) is 4.79 Å². The van der Waals surface area contributed by atoms with E-state index < -0.39 is 0 Å². The number of carbonyl (C=O) groups excluding carboxylic acids is 1. The number of nitrogens with zero attached hydrogens (tertiary/aromatic N) is 1. The number of likely N-dealkylation sites (N-methyl/N-ethyl adjacent to an activating group) is 1. The lowest BCUT2D eigenvalue weighted by Crippen LogP contribution is -2.29. The second-order valence-corrected chi connectivity index (χ2v) is 5.29. The summed E-state index contributed by atoms with van der Waals surface area (Å²) in [5.41, 5.74) is 0.662. The van der Waals surface area contributed by atoms with Gasteiger partial charge in [-0.1, -0.05) is 36.7 Å². The molecule has 0 saturated heterocycles. The number of ether oxygens (including phenoxy) is 1. The third kappa shape index (κ3) is 4.96. The van der Waals surface area contributed by atoms with Crippen LogP contribution in [0.2, 0.25) is 0 Å². The van der Waals surface area contributed by atoms with Crippen LogP contribution in [-0.2, 0) is 0 Å². The maximum absolute atomic E-state index is 12.4. The van der Waals surface area contributed by atoms with Crippen molar-refractivity contribution in [1.82, 2.24) is 4.90 Å². The molecular weight excluding hydrogens is 306 g/mol. The van der Waals surface area contributed by atoms with Crippen LogP contribution in [-0.4, -0.2) is 36.9 Å². The van der Waals surface area contributed by atoms with Gasteiger partial charge in [0.25, 0.3) is 0 Å². The van der Waals surface area contributed by atoms with Crippen LogP contribution >= 0.6 is 15.9 Å². The molecule has 4 heteroatoms. The molecular formula is C15H22BrNO2. The Hall–Kier alpha value is -0.870. The maximum atomic E-state index is 12.4. The third-order valence-electron chi connectivity index (χ3n) is 2.97. The zero-order valence-corrected chi connectivity index (χ0v) is 13.5. The Kier molecular flexibility index (Phi) is 7.10. The van der Waals surface area contributed by atoms with Gasteiger partial charge in [-0.25, -0.2) is 0 Å². The fourth-order valence-electron chi connectivity index (χ4n) is 1.79. The van der Waals surface area contributed by atoms with Gasteiger partial charge in [-0.2, -0.15) is 0 Å². The fourth-order valence-corrected chi connectivity index (χ4v) is 2.15. The Balaban J connectivity index is 2.89. The van der Waals surface area contributed by atoms with Gasteiger partial charge in [0.1, 0.15) is 5.75 Å². The molecule has 0 aromatic heterocycles. The monoisotopic (exact) mass is 327 g/mol. The van der Waals surface area contributed by atoms with Gasteiger partial charge in [0.05, 0.1) is 18.7 Å². The Labute approximate surface area is 124 Å². The molecule has 1 rings (SSSR count). The number of Topliss-reactive ketones (excluding diaryl/α,β-unsaturated/α-hetero) is 1. The standard InChI is InChI=1S/C15H22BrNO2/c1-4-9-19-15-8-7-12(16)10-13(15)14(18)11-17(5-2)6-3/h7-8,10H,4-6,9,11H2,1-3H3. The highest BCUT2D eigenvalue weighted by Gasteiger charge is 2.15. The number of hydrogen-bond acceptors (Lipinski definition) is 3. The van der Waals surface area contributed by atoms with Crippen LogP contribution < -0.4 is 4.74 Å². The third-order valence-corrected chi connectivity index (χ3v) is 3.46. The Morgan fingerprint density at radius 2 is 1.95 bits per heavy atom. The van der Waals surface area contributed by atoms with Gasteiger partial charge < -0.3 is 4.74 Å². The molecule has 3 nitrogen and oxygen atoms in total. The molecule has 0 spiro atoms. The number of carbonyl (C=O) groups is 1. The van der Waals surface area contributed by atoms with E-state index in [-0.39, 0.29) is 5.78 Å². The van der Waals surface area contributed by atoms with E-state index in [1.54, 1.807) is 0 Å². The van der Waals surface area contributed by atoms with Crippen LogP contribution in [0.25, 0.3) is 0 Å². The van der Waals surface area contributed by atoms with E-state index in [1.807, 2.05) is 18.2 Å². The molecule has 0 radical (unpaired) electrons. The number of hydrogen-bond donors (Lipinski definition) is 0. The molecule has 0 fully saturated rings. The summed E-state index contributed by atoms with van der Waals surface area (Å²) in [6.45, 7) is 9.00.